The molecule has 5 nitrogen and oxygen atoms in total. The maximum atomic E-state index is 8.99. The molecule has 1 aliphatic rings. The van der Waals surface area contributed by atoms with Crippen molar-refractivity contribution in [1.82, 2.24) is 0 Å². The minimum atomic E-state index is 0.0899. The minimum Gasteiger partial charge on any atom is -0.409 e. The Balaban J connectivity index is 2.39. The molecule has 1 aromatic rings. The number of hydrogen-bond acceptors (Lipinski definition) is 4. The van der Waals surface area contributed by atoms with Gasteiger partial charge in [-0.25, -0.2) is 0 Å². The maximum absolute atomic E-state index is 8.99. The number of benzene rings is 1. The van der Waals surface area contributed by atoms with Gasteiger partial charge in [0.25, 0.3) is 0 Å². The molecular formula is C15H22ClN3O2. The molecule has 6 heteroatoms. The van der Waals surface area contributed by atoms with Crippen LogP contribution in [0, 0.1) is 5.92 Å². The second-order valence-electron chi connectivity index (χ2n) is 5.41. The predicted molar refractivity (Wildman–Crippen MR) is 85.4 cm³/mol. The van der Waals surface area contributed by atoms with Gasteiger partial charge in [-0.15, -0.1) is 0 Å². The second-order valence-corrected chi connectivity index (χ2v) is 5.85. The Hall–Kier alpha value is -1.46. The molecule has 1 aliphatic carbocycles. The third kappa shape index (κ3) is 3.80. The van der Waals surface area contributed by atoms with Crippen LogP contribution >= 0.6 is 11.6 Å². The molecule has 0 radical (unpaired) electrons. The lowest BCUT2D eigenvalue weighted by Gasteiger charge is -2.33. The third-order valence-corrected chi connectivity index (χ3v) is 4.22. The number of amidine groups is 1. The monoisotopic (exact) mass is 311 g/mol. The number of ether oxygens (including phenoxy) is 1. The summed E-state index contributed by atoms with van der Waals surface area (Å²) in [4.78, 5) is 2.24. The van der Waals surface area contributed by atoms with Crippen LogP contribution in [-0.2, 0) is 4.74 Å². The van der Waals surface area contributed by atoms with E-state index in [1.807, 2.05) is 6.07 Å². The molecule has 1 aromatic carbocycles. The zero-order valence-corrected chi connectivity index (χ0v) is 13.2. The summed E-state index contributed by atoms with van der Waals surface area (Å²) in [5.74, 6) is 0.771. The van der Waals surface area contributed by atoms with E-state index in [4.69, 9.17) is 27.3 Å². The van der Waals surface area contributed by atoms with Gasteiger partial charge in [-0.3, -0.25) is 0 Å². The first kappa shape index (κ1) is 15.9. The maximum Gasteiger partial charge on any atom is 0.172 e. The van der Waals surface area contributed by atoms with Gasteiger partial charge >= 0.3 is 0 Å². The highest BCUT2D eigenvalue weighted by Crippen LogP contribution is 2.38. The zero-order chi connectivity index (χ0) is 15.4. The Kier molecular flexibility index (Phi) is 5.31. The highest BCUT2D eigenvalue weighted by atomic mass is 35.5. The summed E-state index contributed by atoms with van der Waals surface area (Å²) >= 11 is 6.14. The molecule has 3 N–H and O–H groups in total. The third-order valence-electron chi connectivity index (χ3n) is 3.99. The fourth-order valence-corrected chi connectivity index (χ4v) is 2.75. The smallest absolute Gasteiger partial charge is 0.172 e. The van der Waals surface area contributed by atoms with E-state index in [1.54, 1.807) is 19.2 Å². The van der Waals surface area contributed by atoms with Gasteiger partial charge in [0.1, 0.15) is 0 Å². The summed E-state index contributed by atoms with van der Waals surface area (Å²) < 4.78 is 5.22. The summed E-state index contributed by atoms with van der Waals surface area (Å²) in [7, 11) is 1.68. The van der Waals surface area contributed by atoms with Crippen molar-refractivity contribution in [2.24, 2.45) is 16.8 Å². The summed E-state index contributed by atoms with van der Waals surface area (Å²) in [6, 6.07) is 5.76. The molecule has 0 amide bonds. The molecule has 0 aromatic heterocycles. The summed E-state index contributed by atoms with van der Waals surface area (Å²) in [6.45, 7) is 3.55. The Morgan fingerprint density at radius 3 is 2.86 bits per heavy atom. The number of anilines is 1. The van der Waals surface area contributed by atoms with Gasteiger partial charge in [-0.05, 0) is 43.9 Å². The van der Waals surface area contributed by atoms with Gasteiger partial charge in [0.15, 0.2) is 5.84 Å². The average molecular weight is 312 g/mol. The van der Waals surface area contributed by atoms with Gasteiger partial charge in [-0.2, -0.15) is 0 Å². The normalized spacial score (nSPS) is 16.8. The quantitative estimate of drug-likeness (QED) is 0.351. The number of methoxy groups -OCH3 is 1. The molecule has 2 rings (SSSR count). The van der Waals surface area contributed by atoms with Crippen molar-refractivity contribution < 1.29 is 9.94 Å². The van der Waals surface area contributed by atoms with E-state index in [-0.39, 0.29) is 5.84 Å². The van der Waals surface area contributed by atoms with E-state index in [2.05, 4.69) is 17.0 Å². The van der Waals surface area contributed by atoms with Crippen LogP contribution in [0.2, 0.25) is 5.02 Å². The van der Waals surface area contributed by atoms with E-state index in [0.717, 1.165) is 12.2 Å². The van der Waals surface area contributed by atoms with E-state index in [9.17, 15) is 0 Å². The molecule has 0 bridgehead atoms. The number of nitrogens with two attached hydrogens (primary N) is 1. The molecule has 1 unspecified atom stereocenters. The second kappa shape index (κ2) is 7.00. The van der Waals surface area contributed by atoms with Crippen LogP contribution in [0.1, 0.15) is 25.3 Å². The van der Waals surface area contributed by atoms with Crippen LogP contribution in [0.4, 0.5) is 5.69 Å². The van der Waals surface area contributed by atoms with E-state index in [1.165, 1.54) is 12.8 Å². The standard InChI is InChI=1S/C15H22ClN3O2/c1-10(11-3-4-11)19(7-8-21-2)14-9-12(16)5-6-13(14)15(17)18-20/h5-6,9-11,20H,3-4,7-8H2,1-2H3,(H2,17,18). The molecule has 0 aliphatic heterocycles. The topological polar surface area (TPSA) is 71.1 Å². The van der Waals surface area contributed by atoms with Crippen molar-refractivity contribution in [2.45, 2.75) is 25.8 Å². The first-order valence-electron chi connectivity index (χ1n) is 7.11. The average Bonchev–Trinajstić information content (AvgIpc) is 3.31. The predicted octanol–water partition coefficient (Wildman–Crippen LogP) is 2.69. The fourth-order valence-electron chi connectivity index (χ4n) is 2.58. The highest BCUT2D eigenvalue weighted by Gasteiger charge is 2.33. The number of oxime groups is 1. The number of rotatable bonds is 7. The Morgan fingerprint density at radius 1 is 1.57 bits per heavy atom. The van der Waals surface area contributed by atoms with Gasteiger partial charge in [-0.1, -0.05) is 16.8 Å². The minimum absolute atomic E-state index is 0.0899. The van der Waals surface area contributed by atoms with Crippen molar-refractivity contribution in [3.63, 3.8) is 0 Å². The van der Waals surface area contributed by atoms with Gasteiger partial charge in [0.2, 0.25) is 0 Å². The molecule has 1 fully saturated rings. The van der Waals surface area contributed by atoms with Crippen molar-refractivity contribution in [3.05, 3.63) is 28.8 Å². The number of halogens is 1. The highest BCUT2D eigenvalue weighted by molar-refractivity contribution is 6.31. The zero-order valence-electron chi connectivity index (χ0n) is 12.4. The lowest BCUT2D eigenvalue weighted by molar-refractivity contribution is 0.202. The van der Waals surface area contributed by atoms with E-state index in [0.29, 0.717) is 29.2 Å². The van der Waals surface area contributed by atoms with Crippen molar-refractivity contribution in [2.75, 3.05) is 25.2 Å². The van der Waals surface area contributed by atoms with Crippen LogP contribution in [0.15, 0.2) is 23.4 Å². The Morgan fingerprint density at radius 2 is 2.29 bits per heavy atom. The Bertz CT molecular complexity index is 518. The number of hydrogen-bond donors (Lipinski definition) is 2. The molecule has 1 saturated carbocycles. The van der Waals surface area contributed by atoms with Crippen LogP contribution in [0.5, 0.6) is 0 Å². The van der Waals surface area contributed by atoms with Crippen LogP contribution in [0.25, 0.3) is 0 Å². The first-order chi connectivity index (χ1) is 10.1. The van der Waals surface area contributed by atoms with Gasteiger partial charge in [0.05, 0.1) is 6.61 Å². The fraction of sp³-hybridized carbons (Fsp3) is 0.533. The Labute approximate surface area is 130 Å². The molecule has 116 valence electrons. The van der Waals surface area contributed by atoms with Crippen molar-refractivity contribution in [1.29, 1.82) is 0 Å². The van der Waals surface area contributed by atoms with Crippen molar-refractivity contribution in [3.8, 4) is 0 Å². The van der Waals surface area contributed by atoms with Crippen LogP contribution in [-0.4, -0.2) is 37.3 Å². The van der Waals surface area contributed by atoms with Gasteiger partial charge in [0, 0.05) is 36.0 Å². The van der Waals surface area contributed by atoms with Crippen LogP contribution in [0.3, 0.4) is 0 Å². The molecule has 1 atom stereocenters. The van der Waals surface area contributed by atoms with E-state index >= 15 is 0 Å². The lowest BCUT2D eigenvalue weighted by atomic mass is 10.1. The first-order valence-corrected chi connectivity index (χ1v) is 7.49. The van der Waals surface area contributed by atoms with Gasteiger partial charge < -0.3 is 20.6 Å². The van der Waals surface area contributed by atoms with Crippen LogP contribution < -0.4 is 10.6 Å². The summed E-state index contributed by atoms with van der Waals surface area (Å²) in [5, 5.41) is 12.7. The summed E-state index contributed by atoms with van der Waals surface area (Å²) in [5.41, 5.74) is 7.37. The number of nitrogens with zero attached hydrogens (tertiary/aromatic N) is 2. The van der Waals surface area contributed by atoms with E-state index < -0.39 is 0 Å². The molecular weight excluding hydrogens is 290 g/mol. The lowest BCUT2D eigenvalue weighted by Crippen LogP contribution is -2.38. The van der Waals surface area contributed by atoms with Crippen molar-refractivity contribution >= 4 is 23.1 Å². The summed E-state index contributed by atoms with van der Waals surface area (Å²) in [6.07, 6.45) is 2.48. The molecule has 0 heterocycles. The molecule has 0 saturated heterocycles. The molecule has 21 heavy (non-hydrogen) atoms. The largest absolute Gasteiger partial charge is 0.409 e. The SMILES string of the molecule is COCCN(c1cc(Cl)ccc1C(N)=NO)C(C)C1CC1. The molecule has 0 spiro atoms.